The Morgan fingerprint density at radius 1 is 1.50 bits per heavy atom. The van der Waals surface area contributed by atoms with Gasteiger partial charge < -0.3 is 19.7 Å². The van der Waals surface area contributed by atoms with Crippen molar-refractivity contribution >= 4 is 11.9 Å². The second kappa shape index (κ2) is 4.61. The van der Waals surface area contributed by atoms with E-state index in [0.717, 1.165) is 0 Å². The van der Waals surface area contributed by atoms with Crippen LogP contribution in [0.15, 0.2) is 11.8 Å². The van der Waals surface area contributed by atoms with Gasteiger partial charge in [-0.25, -0.2) is 10.1 Å². The van der Waals surface area contributed by atoms with Crippen LogP contribution >= 0.6 is 0 Å². The van der Waals surface area contributed by atoms with Gasteiger partial charge in [0.1, 0.15) is 18.4 Å². The van der Waals surface area contributed by atoms with E-state index >= 15 is 0 Å². The average molecular weight is 285 g/mol. The molecule has 3 N–H and O–H groups in total. The lowest BCUT2D eigenvalue weighted by Crippen LogP contribution is -2.65. The molecule has 20 heavy (non-hydrogen) atoms. The van der Waals surface area contributed by atoms with Crippen LogP contribution in [0.2, 0.25) is 0 Å². The van der Waals surface area contributed by atoms with E-state index in [1.807, 2.05) is 0 Å². The molecule has 3 heterocycles. The molecule has 3 aliphatic rings. The van der Waals surface area contributed by atoms with Crippen LogP contribution in [0.3, 0.4) is 0 Å². The summed E-state index contributed by atoms with van der Waals surface area (Å²) in [6, 6.07) is -0.513. The number of nitrogens with zero attached hydrogens (tertiary/aromatic N) is 1. The van der Waals surface area contributed by atoms with Gasteiger partial charge in [-0.15, -0.1) is 0 Å². The number of imide groups is 1. The van der Waals surface area contributed by atoms with Crippen molar-refractivity contribution in [3.8, 4) is 0 Å². The van der Waals surface area contributed by atoms with Gasteiger partial charge in [0.15, 0.2) is 6.73 Å². The van der Waals surface area contributed by atoms with Crippen LogP contribution < -0.4 is 5.32 Å². The molecule has 2 saturated heterocycles. The number of hydrogen-bond acceptors (Lipinski definition) is 6. The lowest BCUT2D eigenvalue weighted by Gasteiger charge is -2.40. The predicted molar refractivity (Wildman–Crippen MR) is 63.7 cm³/mol. The first kappa shape index (κ1) is 13.7. The Kier molecular flexibility index (Phi) is 3.14. The highest BCUT2D eigenvalue weighted by molar-refractivity contribution is 6.03. The SMILES string of the molecule is CC1=C[N+]2(COC3CC(O)C(CO)O[C@H]32)C(=O)NC1=O. The average Bonchev–Trinajstić information content (AvgIpc) is 2.75. The molecule has 0 aromatic heterocycles. The van der Waals surface area contributed by atoms with Crippen LogP contribution in [-0.2, 0) is 14.3 Å². The highest BCUT2D eigenvalue weighted by Crippen LogP contribution is 2.37. The molecule has 0 aromatic rings. The number of urea groups is 1. The zero-order chi connectivity index (χ0) is 14.5. The molecule has 1 spiro atoms. The van der Waals surface area contributed by atoms with Crippen LogP contribution in [0.25, 0.3) is 0 Å². The van der Waals surface area contributed by atoms with Gasteiger partial charge in [-0.3, -0.25) is 4.79 Å². The van der Waals surface area contributed by atoms with Crippen LogP contribution in [0.5, 0.6) is 0 Å². The van der Waals surface area contributed by atoms with E-state index in [2.05, 4.69) is 5.32 Å². The van der Waals surface area contributed by atoms with Crippen molar-refractivity contribution in [2.75, 3.05) is 13.3 Å². The van der Waals surface area contributed by atoms with Gasteiger partial charge in [-0.2, -0.15) is 4.48 Å². The molecule has 0 aromatic carbocycles. The number of ether oxygens (including phenoxy) is 2. The van der Waals surface area contributed by atoms with Gasteiger partial charge in [-0.05, 0) is 6.92 Å². The third-order valence-corrected chi connectivity index (χ3v) is 4.05. The number of carbonyl (C=O) groups excluding carboxylic acids is 2. The molecule has 3 aliphatic heterocycles. The normalized spacial score (nSPS) is 44.2. The Bertz CT molecular complexity index is 492. The Morgan fingerprint density at radius 3 is 2.95 bits per heavy atom. The Balaban J connectivity index is 1.95. The summed E-state index contributed by atoms with van der Waals surface area (Å²) in [6.45, 7) is 1.31. The van der Waals surface area contributed by atoms with E-state index in [4.69, 9.17) is 9.47 Å². The summed E-state index contributed by atoms with van der Waals surface area (Å²) >= 11 is 0. The predicted octanol–water partition coefficient (Wildman–Crippen LogP) is -1.22. The summed E-state index contributed by atoms with van der Waals surface area (Å²) in [5.74, 6) is -0.434. The Morgan fingerprint density at radius 2 is 2.25 bits per heavy atom. The summed E-state index contributed by atoms with van der Waals surface area (Å²) < 4.78 is 10.9. The van der Waals surface area contributed by atoms with Crippen LogP contribution in [0, 0.1) is 0 Å². The maximum atomic E-state index is 12.2. The molecule has 0 radical (unpaired) electrons. The van der Waals surface area contributed by atoms with Crippen LogP contribution in [0.4, 0.5) is 4.79 Å². The van der Waals surface area contributed by atoms with Gasteiger partial charge in [0.05, 0.1) is 18.3 Å². The summed E-state index contributed by atoms with van der Waals surface area (Å²) in [6.07, 6.45) is -0.900. The zero-order valence-electron chi connectivity index (χ0n) is 11.0. The number of hydrogen-bond donors (Lipinski definition) is 3. The maximum absolute atomic E-state index is 12.2. The molecule has 8 nitrogen and oxygen atoms in total. The Labute approximate surface area is 115 Å². The maximum Gasteiger partial charge on any atom is 0.432 e. The molecule has 0 aliphatic carbocycles. The molecule has 8 heteroatoms. The fraction of sp³-hybridized carbons (Fsp3) is 0.667. The summed E-state index contributed by atoms with van der Waals surface area (Å²) in [5.41, 5.74) is 0.407. The van der Waals surface area contributed by atoms with Crippen LogP contribution in [0.1, 0.15) is 13.3 Å². The van der Waals surface area contributed by atoms with Crippen LogP contribution in [-0.4, -0.2) is 64.5 Å². The van der Waals surface area contributed by atoms with Crippen molar-refractivity contribution in [1.82, 2.24) is 5.32 Å². The second-order valence-electron chi connectivity index (χ2n) is 5.39. The number of quaternary nitrogens is 1. The first-order valence-electron chi connectivity index (χ1n) is 6.46. The third kappa shape index (κ3) is 1.80. The number of carbonyl (C=O) groups is 2. The quantitative estimate of drug-likeness (QED) is 0.522. The van der Waals surface area contributed by atoms with Crippen molar-refractivity contribution < 1.29 is 33.8 Å². The molecule has 4 unspecified atom stereocenters. The molecule has 0 bridgehead atoms. The number of amides is 3. The number of aliphatic hydroxyl groups excluding tert-OH is 2. The van der Waals surface area contributed by atoms with E-state index < -0.39 is 36.5 Å². The van der Waals surface area contributed by atoms with Crippen molar-refractivity contribution in [2.45, 2.75) is 37.9 Å². The van der Waals surface area contributed by atoms with E-state index in [0.29, 0.717) is 5.57 Å². The van der Waals surface area contributed by atoms with Crippen molar-refractivity contribution in [3.05, 3.63) is 11.8 Å². The fourth-order valence-corrected chi connectivity index (χ4v) is 2.92. The minimum absolute atomic E-state index is 0.0383. The van der Waals surface area contributed by atoms with Gasteiger partial charge >= 0.3 is 6.03 Å². The zero-order valence-corrected chi connectivity index (χ0v) is 11.0. The molecular weight excluding hydrogens is 268 g/mol. The second-order valence-corrected chi connectivity index (χ2v) is 5.39. The standard InChI is InChI=1S/C12H16N2O6/c1-6-3-14(12(18)13-10(6)17)5-19-8-2-7(16)9(4-15)20-11(8)14/h3,7-9,11,15-16H,2,4-5H2,1H3/p+1/t7?,8?,9?,11-,14?/m1/s1. The number of rotatable bonds is 1. The molecule has 5 atom stereocenters. The van der Waals surface area contributed by atoms with E-state index in [1.165, 1.54) is 6.20 Å². The summed E-state index contributed by atoms with van der Waals surface area (Å²) in [5, 5.41) is 21.3. The van der Waals surface area contributed by atoms with E-state index in [-0.39, 0.29) is 24.2 Å². The lowest BCUT2D eigenvalue weighted by molar-refractivity contribution is -0.849. The topological polar surface area (TPSA) is 105 Å². The first-order valence-corrected chi connectivity index (χ1v) is 6.46. The van der Waals surface area contributed by atoms with Crippen molar-refractivity contribution in [3.63, 3.8) is 0 Å². The largest absolute Gasteiger partial charge is 0.432 e. The van der Waals surface area contributed by atoms with Gasteiger partial charge in [-0.1, -0.05) is 0 Å². The van der Waals surface area contributed by atoms with Crippen molar-refractivity contribution in [2.24, 2.45) is 0 Å². The smallest absolute Gasteiger partial charge is 0.394 e. The lowest BCUT2D eigenvalue weighted by atomic mass is 10.0. The Hall–Kier alpha value is -1.32. The molecule has 2 fully saturated rings. The van der Waals surface area contributed by atoms with E-state index in [1.54, 1.807) is 6.92 Å². The molecule has 3 amide bonds. The molecule has 110 valence electrons. The fourth-order valence-electron chi connectivity index (χ4n) is 2.92. The van der Waals surface area contributed by atoms with Gasteiger partial charge in [0, 0.05) is 6.42 Å². The van der Waals surface area contributed by atoms with Gasteiger partial charge in [0.25, 0.3) is 5.91 Å². The summed E-state index contributed by atoms with van der Waals surface area (Å²) in [4.78, 5) is 23.7. The number of nitrogens with one attached hydrogen (secondary N) is 1. The minimum Gasteiger partial charge on any atom is -0.394 e. The van der Waals surface area contributed by atoms with Gasteiger partial charge in [0.2, 0.25) is 6.23 Å². The molecule has 3 rings (SSSR count). The number of fused-ring (bicyclic) bond motifs is 2. The number of aliphatic hydroxyl groups is 2. The molecular formula is C12H17N2O6+. The highest BCUT2D eigenvalue weighted by atomic mass is 16.6. The molecule has 0 saturated carbocycles. The monoisotopic (exact) mass is 285 g/mol. The van der Waals surface area contributed by atoms with E-state index in [9.17, 15) is 19.8 Å². The van der Waals surface area contributed by atoms with Crippen molar-refractivity contribution in [1.29, 1.82) is 0 Å². The highest BCUT2D eigenvalue weighted by Gasteiger charge is 2.60. The third-order valence-electron chi connectivity index (χ3n) is 4.05. The summed E-state index contributed by atoms with van der Waals surface area (Å²) in [7, 11) is 0. The first-order chi connectivity index (χ1) is 9.48. The minimum atomic E-state index is -0.834.